The van der Waals surface area contributed by atoms with E-state index in [-0.39, 0.29) is 12.5 Å². The number of aromatic amines is 1. The van der Waals surface area contributed by atoms with Gasteiger partial charge in [0.1, 0.15) is 5.69 Å². The molecule has 3 rings (SSSR count). The van der Waals surface area contributed by atoms with Crippen molar-refractivity contribution < 1.29 is 18.0 Å². The summed E-state index contributed by atoms with van der Waals surface area (Å²) in [6, 6.07) is 14.3. The van der Waals surface area contributed by atoms with E-state index in [4.69, 9.17) is 12.2 Å². The van der Waals surface area contributed by atoms with Gasteiger partial charge in [-0.1, -0.05) is 50.2 Å². The molecule has 4 nitrogen and oxygen atoms in total. The summed E-state index contributed by atoms with van der Waals surface area (Å²) >= 11 is 5.28. The van der Waals surface area contributed by atoms with Crippen LogP contribution in [-0.4, -0.2) is 22.0 Å². The molecule has 29 heavy (non-hydrogen) atoms. The Hall–Kier alpha value is -2.87. The Morgan fingerprint density at radius 2 is 1.72 bits per heavy atom. The van der Waals surface area contributed by atoms with E-state index in [1.807, 2.05) is 30.3 Å². The van der Waals surface area contributed by atoms with Gasteiger partial charge in [0, 0.05) is 23.8 Å². The van der Waals surface area contributed by atoms with Crippen molar-refractivity contribution in [2.45, 2.75) is 25.4 Å². The maximum Gasteiger partial charge on any atom is 0.416 e. The minimum atomic E-state index is -4.42. The van der Waals surface area contributed by atoms with Gasteiger partial charge >= 0.3 is 6.18 Å². The van der Waals surface area contributed by atoms with E-state index in [0.717, 1.165) is 17.8 Å². The standard InChI is InChI=1S/C21H20F3N3OS/c1-20(2,14-7-6-8-15(11-14)21(22,23)24)13-26-18(28)17-12-25-19(29)27(17)16-9-4-3-5-10-16/h3-12H,13H2,1-2H3,(H,25,29)(H,26,28). The number of halogens is 3. The number of nitrogens with one attached hydrogen (secondary N) is 2. The summed E-state index contributed by atoms with van der Waals surface area (Å²) in [5.74, 6) is -0.374. The fourth-order valence-electron chi connectivity index (χ4n) is 2.98. The van der Waals surface area contributed by atoms with Crippen LogP contribution in [0.2, 0.25) is 0 Å². The maximum atomic E-state index is 13.0. The molecule has 0 saturated heterocycles. The fourth-order valence-corrected chi connectivity index (χ4v) is 3.24. The highest BCUT2D eigenvalue weighted by molar-refractivity contribution is 7.71. The van der Waals surface area contributed by atoms with E-state index < -0.39 is 17.2 Å². The molecule has 1 amide bonds. The van der Waals surface area contributed by atoms with Crippen molar-refractivity contribution in [3.63, 3.8) is 0 Å². The monoisotopic (exact) mass is 419 g/mol. The third-order valence-corrected chi connectivity index (χ3v) is 4.99. The van der Waals surface area contributed by atoms with Crippen molar-refractivity contribution in [3.05, 3.63) is 82.4 Å². The van der Waals surface area contributed by atoms with Crippen LogP contribution in [0.15, 0.2) is 60.8 Å². The first-order valence-corrected chi connectivity index (χ1v) is 9.32. The molecule has 0 aliphatic rings. The highest BCUT2D eigenvalue weighted by Gasteiger charge is 2.32. The number of nitrogens with zero attached hydrogens (tertiary/aromatic N) is 1. The SMILES string of the molecule is CC(C)(CNC(=O)c1c[nH]c(=S)n1-c1ccccc1)c1cccc(C(F)(F)F)c1. The van der Waals surface area contributed by atoms with Crippen LogP contribution in [0, 0.1) is 4.77 Å². The second-order valence-electron chi connectivity index (χ2n) is 7.30. The predicted octanol–water partition coefficient (Wildman–Crippen LogP) is 5.26. The van der Waals surface area contributed by atoms with Crippen LogP contribution in [-0.2, 0) is 11.6 Å². The van der Waals surface area contributed by atoms with Gasteiger partial charge in [0.05, 0.1) is 5.56 Å². The molecule has 0 saturated carbocycles. The molecule has 0 unspecified atom stereocenters. The van der Waals surface area contributed by atoms with Gasteiger partial charge in [-0.2, -0.15) is 13.2 Å². The topological polar surface area (TPSA) is 49.8 Å². The van der Waals surface area contributed by atoms with Crippen LogP contribution in [0.4, 0.5) is 13.2 Å². The summed E-state index contributed by atoms with van der Waals surface area (Å²) in [5, 5.41) is 2.81. The summed E-state index contributed by atoms with van der Waals surface area (Å²) in [6.07, 6.45) is -2.90. The zero-order valence-electron chi connectivity index (χ0n) is 15.9. The molecular weight excluding hydrogens is 399 g/mol. The molecule has 0 radical (unpaired) electrons. The Balaban J connectivity index is 1.80. The third-order valence-electron chi connectivity index (χ3n) is 4.69. The van der Waals surface area contributed by atoms with E-state index in [9.17, 15) is 18.0 Å². The molecule has 0 atom stereocenters. The zero-order chi connectivity index (χ0) is 21.2. The molecule has 2 aromatic carbocycles. The number of carbonyl (C=O) groups is 1. The Morgan fingerprint density at radius 3 is 2.38 bits per heavy atom. The molecule has 0 bridgehead atoms. The predicted molar refractivity (Wildman–Crippen MR) is 108 cm³/mol. The number of H-pyrrole nitrogens is 1. The van der Waals surface area contributed by atoms with E-state index in [0.29, 0.717) is 16.0 Å². The first-order valence-electron chi connectivity index (χ1n) is 8.91. The average molecular weight is 419 g/mol. The third kappa shape index (κ3) is 4.59. The molecule has 8 heteroatoms. The van der Waals surface area contributed by atoms with Gasteiger partial charge in [-0.05, 0) is 36.0 Å². The number of hydrogen-bond donors (Lipinski definition) is 2. The number of rotatable bonds is 5. The van der Waals surface area contributed by atoms with Crippen LogP contribution in [0.3, 0.4) is 0 Å². The molecule has 2 N–H and O–H groups in total. The molecule has 152 valence electrons. The largest absolute Gasteiger partial charge is 0.416 e. The molecular formula is C21H20F3N3OS. The summed E-state index contributed by atoms with van der Waals surface area (Å²) in [7, 11) is 0. The lowest BCUT2D eigenvalue weighted by atomic mass is 9.83. The van der Waals surface area contributed by atoms with E-state index in [1.54, 1.807) is 24.5 Å². The minimum Gasteiger partial charge on any atom is -0.350 e. The second kappa shape index (κ2) is 7.87. The fraction of sp³-hybridized carbons (Fsp3) is 0.238. The minimum absolute atomic E-state index is 0.153. The van der Waals surface area contributed by atoms with Crippen molar-refractivity contribution in [1.29, 1.82) is 0 Å². The van der Waals surface area contributed by atoms with Gasteiger partial charge in [0.25, 0.3) is 5.91 Å². The number of imidazole rings is 1. The van der Waals surface area contributed by atoms with E-state index in [1.165, 1.54) is 12.3 Å². The molecule has 0 fully saturated rings. The number of amides is 1. The Labute approximate surface area is 171 Å². The van der Waals surface area contributed by atoms with E-state index in [2.05, 4.69) is 10.3 Å². The van der Waals surface area contributed by atoms with Crippen molar-refractivity contribution in [2.24, 2.45) is 0 Å². The van der Waals surface area contributed by atoms with Crippen molar-refractivity contribution in [2.75, 3.05) is 6.54 Å². The quantitative estimate of drug-likeness (QED) is 0.554. The van der Waals surface area contributed by atoms with Gasteiger partial charge in [0.2, 0.25) is 0 Å². The van der Waals surface area contributed by atoms with Gasteiger partial charge in [-0.25, -0.2) is 0 Å². The molecule has 3 aromatic rings. The summed E-state index contributed by atoms with van der Waals surface area (Å²) in [6.45, 7) is 3.72. The number of carbonyl (C=O) groups excluding carboxylic acids is 1. The smallest absolute Gasteiger partial charge is 0.350 e. The normalized spacial score (nSPS) is 12.0. The lowest BCUT2D eigenvalue weighted by molar-refractivity contribution is -0.137. The number of alkyl halides is 3. The molecule has 0 aliphatic heterocycles. The lowest BCUT2D eigenvalue weighted by Crippen LogP contribution is -2.37. The molecule has 1 aromatic heterocycles. The number of benzene rings is 2. The molecule has 1 heterocycles. The van der Waals surface area contributed by atoms with Gasteiger partial charge in [-0.3, -0.25) is 9.36 Å². The Morgan fingerprint density at radius 1 is 1.07 bits per heavy atom. The zero-order valence-corrected chi connectivity index (χ0v) is 16.7. The molecule has 0 aliphatic carbocycles. The first-order chi connectivity index (χ1) is 13.6. The summed E-state index contributed by atoms with van der Waals surface area (Å²) in [4.78, 5) is 15.6. The van der Waals surface area contributed by atoms with Crippen molar-refractivity contribution >= 4 is 18.1 Å². The van der Waals surface area contributed by atoms with Crippen molar-refractivity contribution in [1.82, 2.24) is 14.9 Å². The van der Waals surface area contributed by atoms with Gasteiger partial charge in [-0.15, -0.1) is 0 Å². The number of para-hydroxylation sites is 1. The summed E-state index contributed by atoms with van der Waals surface area (Å²) < 4.78 is 41.0. The van der Waals surface area contributed by atoms with Crippen LogP contribution >= 0.6 is 12.2 Å². The van der Waals surface area contributed by atoms with Gasteiger partial charge in [0.15, 0.2) is 4.77 Å². The number of aromatic nitrogens is 2. The maximum absolute atomic E-state index is 13.0. The van der Waals surface area contributed by atoms with Crippen LogP contribution in [0.5, 0.6) is 0 Å². The number of hydrogen-bond acceptors (Lipinski definition) is 2. The lowest BCUT2D eigenvalue weighted by Gasteiger charge is -2.26. The van der Waals surface area contributed by atoms with E-state index >= 15 is 0 Å². The van der Waals surface area contributed by atoms with Crippen LogP contribution < -0.4 is 5.32 Å². The molecule has 0 spiro atoms. The van der Waals surface area contributed by atoms with Crippen LogP contribution in [0.25, 0.3) is 5.69 Å². The average Bonchev–Trinajstić information content (AvgIpc) is 3.08. The first kappa shape index (κ1) is 20.9. The highest BCUT2D eigenvalue weighted by Crippen LogP contribution is 2.32. The summed E-state index contributed by atoms with van der Waals surface area (Å²) in [5.41, 5.74) is 0.128. The van der Waals surface area contributed by atoms with Crippen LogP contribution in [0.1, 0.15) is 35.5 Å². The Kier molecular flexibility index (Phi) is 5.66. The van der Waals surface area contributed by atoms with Crippen molar-refractivity contribution in [3.8, 4) is 5.69 Å². The Bertz CT molecular complexity index is 1070. The second-order valence-corrected chi connectivity index (χ2v) is 7.68. The van der Waals surface area contributed by atoms with Gasteiger partial charge < -0.3 is 10.3 Å². The highest BCUT2D eigenvalue weighted by atomic mass is 32.1.